The Morgan fingerprint density at radius 2 is 1.70 bits per heavy atom. The summed E-state index contributed by atoms with van der Waals surface area (Å²) in [6, 6.07) is 14.0. The number of methoxy groups -OCH3 is 1. The Hall–Kier alpha value is -2.86. The SMILES string of the molecule is COc1ccc2ccc(O[C@@H]3C[C@@H]4CN(c5ccnc(C)n5)C[C@@H]4C[C@H]3O)cc2c1. The van der Waals surface area contributed by atoms with E-state index in [0.717, 1.165) is 59.8 Å². The molecule has 6 nitrogen and oxygen atoms in total. The van der Waals surface area contributed by atoms with E-state index in [-0.39, 0.29) is 6.10 Å². The number of aliphatic hydroxyl groups excluding tert-OH is 1. The largest absolute Gasteiger partial charge is 0.497 e. The highest BCUT2D eigenvalue weighted by Gasteiger charge is 2.43. The fourth-order valence-electron chi connectivity index (χ4n) is 4.90. The molecular formula is C24H27N3O3. The van der Waals surface area contributed by atoms with Crippen molar-refractivity contribution in [3.8, 4) is 11.5 Å². The summed E-state index contributed by atoms with van der Waals surface area (Å²) in [5, 5.41) is 13.0. The van der Waals surface area contributed by atoms with Gasteiger partial charge in [-0.3, -0.25) is 0 Å². The maximum Gasteiger partial charge on any atom is 0.132 e. The number of hydrogen-bond acceptors (Lipinski definition) is 6. The molecule has 1 saturated carbocycles. The first-order chi connectivity index (χ1) is 14.6. The monoisotopic (exact) mass is 405 g/mol. The fourth-order valence-corrected chi connectivity index (χ4v) is 4.90. The molecule has 4 atom stereocenters. The van der Waals surface area contributed by atoms with Crippen molar-refractivity contribution in [3.05, 3.63) is 54.5 Å². The van der Waals surface area contributed by atoms with Gasteiger partial charge in [-0.05, 0) is 72.7 Å². The van der Waals surface area contributed by atoms with Crippen LogP contribution in [0.1, 0.15) is 18.7 Å². The lowest BCUT2D eigenvalue weighted by molar-refractivity contribution is -0.0230. The number of anilines is 1. The highest BCUT2D eigenvalue weighted by Crippen LogP contribution is 2.39. The standard InChI is InChI=1S/C24H27N3O3/c1-15-25-8-7-24(26-15)27-13-18-11-22(28)23(12-19(18)14-27)30-21-6-4-16-3-5-20(29-2)9-17(16)10-21/h3-10,18-19,22-23,28H,11-14H2,1-2H3/t18-,19+,22+,23+/m0/s1. The van der Waals surface area contributed by atoms with Crippen LogP contribution in [0, 0.1) is 18.8 Å². The van der Waals surface area contributed by atoms with E-state index in [2.05, 4.69) is 20.9 Å². The van der Waals surface area contributed by atoms with Crippen LogP contribution in [0.25, 0.3) is 10.8 Å². The average Bonchev–Trinajstić information content (AvgIpc) is 3.16. The summed E-state index contributed by atoms with van der Waals surface area (Å²) in [7, 11) is 1.67. The van der Waals surface area contributed by atoms with Gasteiger partial charge >= 0.3 is 0 Å². The highest BCUT2D eigenvalue weighted by molar-refractivity contribution is 5.85. The molecule has 2 aromatic carbocycles. The Balaban J connectivity index is 1.30. The third-order valence-corrected chi connectivity index (χ3v) is 6.48. The molecule has 0 radical (unpaired) electrons. The van der Waals surface area contributed by atoms with Crippen LogP contribution in [0.4, 0.5) is 5.82 Å². The van der Waals surface area contributed by atoms with Crippen molar-refractivity contribution < 1.29 is 14.6 Å². The lowest BCUT2D eigenvalue weighted by Gasteiger charge is -2.35. The van der Waals surface area contributed by atoms with Gasteiger partial charge in [-0.2, -0.15) is 0 Å². The van der Waals surface area contributed by atoms with E-state index in [4.69, 9.17) is 9.47 Å². The Bertz CT molecular complexity index is 1060. The smallest absolute Gasteiger partial charge is 0.132 e. The molecule has 1 saturated heterocycles. The van der Waals surface area contributed by atoms with Crippen LogP contribution >= 0.6 is 0 Å². The summed E-state index contributed by atoms with van der Waals surface area (Å²) < 4.78 is 11.6. The summed E-state index contributed by atoms with van der Waals surface area (Å²) in [5.41, 5.74) is 0. The second-order valence-corrected chi connectivity index (χ2v) is 8.46. The minimum atomic E-state index is -0.459. The Kier molecular flexibility index (Phi) is 4.95. The Morgan fingerprint density at radius 3 is 2.47 bits per heavy atom. The molecule has 2 fully saturated rings. The van der Waals surface area contributed by atoms with Crippen molar-refractivity contribution in [2.45, 2.75) is 32.0 Å². The second-order valence-electron chi connectivity index (χ2n) is 8.46. The molecule has 1 aliphatic heterocycles. The molecule has 6 heteroatoms. The van der Waals surface area contributed by atoms with Crippen LogP contribution < -0.4 is 14.4 Å². The summed E-state index contributed by atoms with van der Waals surface area (Å²) >= 11 is 0. The first kappa shape index (κ1) is 19.1. The van der Waals surface area contributed by atoms with Crippen LogP contribution in [-0.2, 0) is 0 Å². The normalized spacial score (nSPS) is 25.9. The molecule has 2 heterocycles. The van der Waals surface area contributed by atoms with Crippen molar-refractivity contribution in [2.24, 2.45) is 11.8 Å². The predicted molar refractivity (Wildman–Crippen MR) is 116 cm³/mol. The molecule has 3 aromatic rings. The zero-order chi connectivity index (χ0) is 20.7. The van der Waals surface area contributed by atoms with Gasteiger partial charge in [0.1, 0.15) is 29.2 Å². The van der Waals surface area contributed by atoms with Gasteiger partial charge in [0.05, 0.1) is 13.2 Å². The van der Waals surface area contributed by atoms with Crippen LogP contribution in [0.3, 0.4) is 0 Å². The van der Waals surface area contributed by atoms with Gasteiger partial charge in [0.15, 0.2) is 0 Å². The molecule has 156 valence electrons. The van der Waals surface area contributed by atoms with Crippen molar-refractivity contribution in [2.75, 3.05) is 25.1 Å². The minimum Gasteiger partial charge on any atom is -0.497 e. The molecule has 30 heavy (non-hydrogen) atoms. The molecule has 0 unspecified atom stereocenters. The first-order valence-electron chi connectivity index (χ1n) is 10.6. The highest BCUT2D eigenvalue weighted by atomic mass is 16.5. The maximum atomic E-state index is 10.8. The quantitative estimate of drug-likeness (QED) is 0.715. The minimum absolute atomic E-state index is 0.193. The lowest BCUT2D eigenvalue weighted by atomic mass is 9.78. The second kappa shape index (κ2) is 7.76. The van der Waals surface area contributed by atoms with Crippen molar-refractivity contribution >= 4 is 16.6 Å². The van der Waals surface area contributed by atoms with Gasteiger partial charge in [-0.25, -0.2) is 9.97 Å². The van der Waals surface area contributed by atoms with Crippen LogP contribution in [0.2, 0.25) is 0 Å². The topological polar surface area (TPSA) is 67.7 Å². The van der Waals surface area contributed by atoms with Gasteiger partial charge < -0.3 is 19.5 Å². The number of hydrogen-bond donors (Lipinski definition) is 1. The van der Waals surface area contributed by atoms with E-state index in [0.29, 0.717) is 11.8 Å². The van der Waals surface area contributed by atoms with Gasteiger partial charge in [0.25, 0.3) is 0 Å². The van der Waals surface area contributed by atoms with E-state index in [9.17, 15) is 5.11 Å². The molecule has 1 aromatic heterocycles. The molecule has 0 spiro atoms. The van der Waals surface area contributed by atoms with Crippen molar-refractivity contribution in [1.29, 1.82) is 0 Å². The van der Waals surface area contributed by atoms with Gasteiger partial charge in [-0.1, -0.05) is 12.1 Å². The van der Waals surface area contributed by atoms with E-state index in [1.54, 1.807) is 7.11 Å². The summed E-state index contributed by atoms with van der Waals surface area (Å²) in [6.45, 7) is 3.79. The predicted octanol–water partition coefficient (Wildman–Crippen LogP) is 3.60. The lowest BCUT2D eigenvalue weighted by Crippen LogP contribution is -2.42. The number of ether oxygens (including phenoxy) is 2. The number of aromatic nitrogens is 2. The van der Waals surface area contributed by atoms with Gasteiger partial charge in [-0.15, -0.1) is 0 Å². The van der Waals surface area contributed by atoms with Gasteiger partial charge in [0.2, 0.25) is 0 Å². The number of fused-ring (bicyclic) bond motifs is 2. The van der Waals surface area contributed by atoms with Crippen molar-refractivity contribution in [1.82, 2.24) is 9.97 Å². The number of nitrogens with zero attached hydrogens (tertiary/aromatic N) is 3. The van der Waals surface area contributed by atoms with E-state index < -0.39 is 6.10 Å². The number of rotatable bonds is 4. The Morgan fingerprint density at radius 1 is 0.967 bits per heavy atom. The van der Waals surface area contributed by atoms with Crippen LogP contribution in [0.5, 0.6) is 11.5 Å². The molecule has 5 rings (SSSR count). The fraction of sp³-hybridized carbons (Fsp3) is 0.417. The molecule has 0 bridgehead atoms. The van der Waals surface area contributed by atoms with Gasteiger partial charge in [0, 0.05) is 19.3 Å². The maximum absolute atomic E-state index is 10.8. The third-order valence-electron chi connectivity index (χ3n) is 6.48. The van der Waals surface area contributed by atoms with E-state index in [1.165, 1.54) is 0 Å². The third kappa shape index (κ3) is 3.67. The number of aryl methyl sites for hydroxylation is 1. The summed E-state index contributed by atoms with van der Waals surface area (Å²) in [5.74, 6) is 4.35. The summed E-state index contributed by atoms with van der Waals surface area (Å²) in [4.78, 5) is 11.1. The molecular weight excluding hydrogens is 378 g/mol. The molecule has 0 amide bonds. The number of aliphatic hydroxyl groups is 1. The van der Waals surface area contributed by atoms with Crippen LogP contribution in [0.15, 0.2) is 48.7 Å². The molecule has 1 N–H and O–H groups in total. The molecule has 2 aliphatic rings. The van der Waals surface area contributed by atoms with Crippen LogP contribution in [-0.4, -0.2) is 47.5 Å². The molecule has 1 aliphatic carbocycles. The summed E-state index contributed by atoms with van der Waals surface area (Å²) in [6.07, 6.45) is 2.77. The Labute approximate surface area is 176 Å². The van der Waals surface area contributed by atoms with E-state index in [1.807, 2.05) is 49.5 Å². The van der Waals surface area contributed by atoms with E-state index >= 15 is 0 Å². The number of benzene rings is 2. The van der Waals surface area contributed by atoms with Crippen molar-refractivity contribution in [3.63, 3.8) is 0 Å². The average molecular weight is 405 g/mol. The zero-order valence-corrected chi connectivity index (χ0v) is 17.4. The zero-order valence-electron chi connectivity index (χ0n) is 17.4. The first-order valence-corrected chi connectivity index (χ1v) is 10.6.